The van der Waals surface area contributed by atoms with Gasteiger partial charge in [0.25, 0.3) is 5.69 Å². The van der Waals surface area contributed by atoms with E-state index < -0.39 is 21.0 Å². The van der Waals surface area contributed by atoms with Crippen molar-refractivity contribution >= 4 is 44.4 Å². The number of ether oxygens (including phenoxy) is 1. The van der Waals surface area contributed by atoms with Gasteiger partial charge < -0.3 is 19.5 Å². The van der Waals surface area contributed by atoms with E-state index in [4.69, 9.17) is 17.0 Å². The average molecular weight is 565 g/mol. The number of thiocarbonyl (C=S) groups is 1. The number of sulfonamides is 1. The molecule has 0 bridgehead atoms. The summed E-state index contributed by atoms with van der Waals surface area (Å²) < 4.78 is 33.6. The fourth-order valence-electron chi connectivity index (χ4n) is 4.65. The van der Waals surface area contributed by atoms with Gasteiger partial charge in [0.15, 0.2) is 5.11 Å². The van der Waals surface area contributed by atoms with Gasteiger partial charge in [0.05, 0.1) is 35.7 Å². The Labute approximate surface area is 230 Å². The number of pyridine rings is 1. The molecule has 1 fully saturated rings. The molecule has 2 aromatic carbocycles. The Bertz CT molecular complexity index is 1640. The van der Waals surface area contributed by atoms with Gasteiger partial charge in [-0.05, 0) is 60.7 Å². The van der Waals surface area contributed by atoms with Crippen molar-refractivity contribution in [2.75, 3.05) is 23.0 Å². The van der Waals surface area contributed by atoms with Crippen LogP contribution in [-0.2, 0) is 10.0 Å². The zero-order valence-electron chi connectivity index (χ0n) is 20.9. The van der Waals surface area contributed by atoms with Crippen molar-refractivity contribution < 1.29 is 18.1 Å². The quantitative estimate of drug-likeness (QED) is 0.182. The summed E-state index contributed by atoms with van der Waals surface area (Å²) in [6, 6.07) is 20.2. The van der Waals surface area contributed by atoms with E-state index in [1.807, 2.05) is 46.0 Å². The summed E-state index contributed by atoms with van der Waals surface area (Å²) in [5, 5.41) is 15.0. The van der Waals surface area contributed by atoms with E-state index in [0.29, 0.717) is 22.2 Å². The molecule has 1 saturated heterocycles. The highest BCUT2D eigenvalue weighted by Gasteiger charge is 2.42. The van der Waals surface area contributed by atoms with Crippen LogP contribution in [0.1, 0.15) is 23.5 Å². The second-order valence-corrected chi connectivity index (χ2v) is 11.0. The highest BCUT2D eigenvalue weighted by molar-refractivity contribution is 7.92. The average Bonchev–Trinajstić information content (AvgIpc) is 3.53. The first-order chi connectivity index (χ1) is 18.7. The smallest absolute Gasteiger partial charge is 0.269 e. The number of benzene rings is 2. The first kappa shape index (κ1) is 26.1. The molecule has 13 heteroatoms. The Morgan fingerprint density at radius 1 is 1.08 bits per heavy atom. The van der Waals surface area contributed by atoms with Gasteiger partial charge in [-0.15, -0.1) is 0 Å². The second-order valence-electron chi connectivity index (χ2n) is 8.83. The Morgan fingerprint density at radius 2 is 1.82 bits per heavy atom. The van der Waals surface area contributed by atoms with Crippen molar-refractivity contribution in [2.45, 2.75) is 12.1 Å². The normalized spacial score (nSPS) is 17.1. The molecule has 0 spiro atoms. The van der Waals surface area contributed by atoms with Crippen LogP contribution >= 0.6 is 12.2 Å². The maximum atomic E-state index is 11.8. The maximum absolute atomic E-state index is 11.8. The number of hydrogen-bond donors (Lipinski definition) is 2. The predicted octanol–water partition coefficient (Wildman–Crippen LogP) is 4.34. The summed E-state index contributed by atoms with van der Waals surface area (Å²) in [6.45, 7) is 0. The fourth-order valence-corrected chi connectivity index (χ4v) is 5.57. The van der Waals surface area contributed by atoms with Gasteiger partial charge >= 0.3 is 0 Å². The van der Waals surface area contributed by atoms with Crippen LogP contribution in [0, 0.1) is 10.1 Å². The van der Waals surface area contributed by atoms with Crippen molar-refractivity contribution in [2.24, 2.45) is 0 Å². The van der Waals surface area contributed by atoms with Crippen molar-refractivity contribution in [1.82, 2.24) is 14.9 Å². The molecule has 2 atom stereocenters. The monoisotopic (exact) mass is 564 g/mol. The fraction of sp³-hybridized carbons (Fsp3) is 0.154. The lowest BCUT2D eigenvalue weighted by atomic mass is 10.0. The third kappa shape index (κ3) is 5.26. The van der Waals surface area contributed by atoms with E-state index in [9.17, 15) is 18.5 Å². The molecule has 3 heterocycles. The molecule has 0 amide bonds. The van der Waals surface area contributed by atoms with Gasteiger partial charge in [-0.25, -0.2) is 8.42 Å². The number of nitrogens with zero attached hydrogens (tertiary/aromatic N) is 4. The van der Waals surface area contributed by atoms with E-state index in [1.165, 1.54) is 19.2 Å². The van der Waals surface area contributed by atoms with Crippen molar-refractivity contribution in [3.05, 3.63) is 107 Å². The highest BCUT2D eigenvalue weighted by Crippen LogP contribution is 2.44. The molecule has 200 valence electrons. The number of nitro groups is 1. The number of non-ortho nitro benzene ring substituents is 1. The van der Waals surface area contributed by atoms with E-state index in [-0.39, 0.29) is 11.7 Å². The number of aromatic nitrogens is 2. The molecule has 4 aromatic rings. The van der Waals surface area contributed by atoms with Crippen LogP contribution in [0.15, 0.2) is 85.2 Å². The Morgan fingerprint density at radius 3 is 2.46 bits per heavy atom. The summed E-state index contributed by atoms with van der Waals surface area (Å²) in [5.74, 6) is 0.325. The van der Waals surface area contributed by atoms with Crippen LogP contribution in [0.2, 0.25) is 0 Å². The number of nitro benzene ring substituents is 1. The molecular weight excluding hydrogens is 540 g/mol. The molecular formula is C26H24N6O5S2. The van der Waals surface area contributed by atoms with Crippen molar-refractivity contribution in [3.63, 3.8) is 0 Å². The van der Waals surface area contributed by atoms with Gasteiger partial charge in [0, 0.05) is 47.7 Å². The molecule has 0 aliphatic carbocycles. The van der Waals surface area contributed by atoms with Gasteiger partial charge in [0.1, 0.15) is 11.8 Å². The highest BCUT2D eigenvalue weighted by atomic mass is 32.2. The minimum Gasteiger partial charge on any atom is -0.494 e. The molecule has 5 rings (SSSR count). The summed E-state index contributed by atoms with van der Waals surface area (Å²) in [7, 11) is -2.06. The minimum absolute atomic E-state index is 0.000886. The van der Waals surface area contributed by atoms with Crippen molar-refractivity contribution in [1.29, 1.82) is 0 Å². The van der Waals surface area contributed by atoms with Crippen LogP contribution < -0.4 is 19.7 Å². The molecule has 1 aliphatic heterocycles. The number of hydrogen-bond acceptors (Lipinski definition) is 7. The number of nitrogens with one attached hydrogen (secondary N) is 2. The van der Waals surface area contributed by atoms with E-state index in [2.05, 4.69) is 15.0 Å². The lowest BCUT2D eigenvalue weighted by Crippen LogP contribution is -2.30. The molecule has 0 saturated carbocycles. The lowest BCUT2D eigenvalue weighted by Gasteiger charge is -2.29. The lowest BCUT2D eigenvalue weighted by molar-refractivity contribution is -0.384. The number of anilines is 2. The Hall–Kier alpha value is -4.49. The van der Waals surface area contributed by atoms with Crippen LogP contribution in [-0.4, -0.2) is 41.4 Å². The second kappa shape index (κ2) is 10.3. The molecule has 39 heavy (non-hydrogen) atoms. The molecule has 1 aliphatic rings. The SMILES string of the molecule is COc1cc(N2C(=S)N[C@H](c3ccccn3)[C@H]2c2cccn2-c2ccc([N+](=O)[O-])cc2)ccc1NS(C)(=O)=O. The molecule has 2 aromatic heterocycles. The summed E-state index contributed by atoms with van der Waals surface area (Å²) in [5.41, 5.74) is 3.33. The van der Waals surface area contributed by atoms with Crippen LogP contribution in [0.4, 0.5) is 17.1 Å². The number of methoxy groups -OCH3 is 1. The van der Waals surface area contributed by atoms with Crippen LogP contribution in [0.25, 0.3) is 5.69 Å². The molecule has 2 N–H and O–H groups in total. The Balaban J connectivity index is 1.63. The zero-order valence-corrected chi connectivity index (χ0v) is 22.5. The summed E-state index contributed by atoms with van der Waals surface area (Å²) in [4.78, 5) is 17.2. The molecule has 11 nitrogen and oxygen atoms in total. The van der Waals surface area contributed by atoms with E-state index in [0.717, 1.165) is 23.3 Å². The standard InChI is InChI=1S/C26H24N6O5S2/c1-37-23-16-19(12-13-20(23)29-39(2,35)36)31-25(24(28-26(31)38)21-6-3-4-14-27-21)22-7-5-15-30(22)17-8-10-18(11-9-17)32(33)34/h3-16,24-25,29H,1-2H3,(H,28,38)/t24-,25-/m1/s1. The first-order valence-corrected chi connectivity index (χ1v) is 14.0. The summed E-state index contributed by atoms with van der Waals surface area (Å²) >= 11 is 5.81. The third-order valence-electron chi connectivity index (χ3n) is 6.28. The predicted molar refractivity (Wildman–Crippen MR) is 152 cm³/mol. The topological polar surface area (TPSA) is 132 Å². The summed E-state index contributed by atoms with van der Waals surface area (Å²) in [6.07, 6.45) is 4.66. The first-order valence-electron chi connectivity index (χ1n) is 11.7. The number of rotatable bonds is 8. The molecule has 0 unspecified atom stereocenters. The Kier molecular flexibility index (Phi) is 6.93. The van der Waals surface area contributed by atoms with Crippen molar-refractivity contribution in [3.8, 4) is 11.4 Å². The van der Waals surface area contributed by atoms with Crippen LogP contribution in [0.5, 0.6) is 5.75 Å². The van der Waals surface area contributed by atoms with E-state index in [1.54, 1.807) is 36.5 Å². The third-order valence-corrected chi connectivity index (χ3v) is 7.18. The van der Waals surface area contributed by atoms with E-state index >= 15 is 0 Å². The zero-order chi connectivity index (χ0) is 27.7. The van der Waals surface area contributed by atoms with Gasteiger partial charge in [-0.2, -0.15) is 0 Å². The molecule has 0 radical (unpaired) electrons. The van der Waals surface area contributed by atoms with Crippen LogP contribution in [0.3, 0.4) is 0 Å². The van der Waals surface area contributed by atoms with Gasteiger partial charge in [-0.3, -0.25) is 19.8 Å². The largest absolute Gasteiger partial charge is 0.494 e. The maximum Gasteiger partial charge on any atom is 0.269 e. The van der Waals surface area contributed by atoms with Gasteiger partial charge in [-0.1, -0.05) is 6.07 Å². The minimum atomic E-state index is -3.52. The van der Waals surface area contributed by atoms with Gasteiger partial charge in [0.2, 0.25) is 10.0 Å².